The highest BCUT2D eigenvalue weighted by Gasteiger charge is 2.30. The quantitative estimate of drug-likeness (QED) is 0.413. The molecular weight excluding hydrogens is 476 g/mol. The molecule has 4 rings (SSSR count). The van der Waals surface area contributed by atoms with Gasteiger partial charge in [0, 0.05) is 43.3 Å². The highest BCUT2D eigenvalue weighted by atomic mass is 16.6. The lowest BCUT2D eigenvalue weighted by Crippen LogP contribution is -2.43. The molecule has 1 unspecified atom stereocenters. The van der Waals surface area contributed by atoms with Gasteiger partial charge in [-0.2, -0.15) is 0 Å². The molecule has 1 saturated heterocycles. The van der Waals surface area contributed by atoms with Gasteiger partial charge in [0.25, 0.3) is 5.91 Å². The fourth-order valence-corrected chi connectivity index (χ4v) is 4.65. The number of pyridine rings is 1. The van der Waals surface area contributed by atoms with E-state index in [0.717, 1.165) is 24.0 Å². The Balaban J connectivity index is 1.29. The van der Waals surface area contributed by atoms with Crippen molar-refractivity contribution in [2.45, 2.75) is 64.6 Å². The van der Waals surface area contributed by atoms with Crippen molar-refractivity contribution in [3.63, 3.8) is 0 Å². The van der Waals surface area contributed by atoms with Gasteiger partial charge in [0.1, 0.15) is 23.3 Å². The highest BCUT2D eigenvalue weighted by Crippen LogP contribution is 2.27. The lowest BCUT2D eigenvalue weighted by Gasteiger charge is -2.32. The summed E-state index contributed by atoms with van der Waals surface area (Å²) in [5.41, 5.74) is 3.71. The molecule has 1 atom stereocenters. The number of hydrogen-bond donors (Lipinski definition) is 3. The van der Waals surface area contributed by atoms with E-state index in [-0.39, 0.29) is 24.0 Å². The van der Waals surface area contributed by atoms with Crippen LogP contribution >= 0.6 is 0 Å². The molecule has 1 aromatic heterocycles. The Morgan fingerprint density at radius 1 is 1.05 bits per heavy atom. The number of likely N-dealkylation sites (tertiary alicyclic amines) is 1. The zero-order valence-electron chi connectivity index (χ0n) is 21.5. The first-order valence-electron chi connectivity index (χ1n) is 12.6. The Morgan fingerprint density at radius 2 is 1.81 bits per heavy atom. The molecule has 10 heteroatoms. The number of aromatic nitrogens is 1. The lowest BCUT2D eigenvalue weighted by atomic mass is 9.88. The predicted octanol–water partition coefficient (Wildman–Crippen LogP) is 3.72. The zero-order valence-corrected chi connectivity index (χ0v) is 21.5. The van der Waals surface area contributed by atoms with Gasteiger partial charge in [-0.3, -0.25) is 14.8 Å². The van der Waals surface area contributed by atoms with Crippen LogP contribution < -0.4 is 15.5 Å². The van der Waals surface area contributed by atoms with Crippen molar-refractivity contribution >= 4 is 23.7 Å². The molecule has 2 aliphatic rings. The second-order valence-corrected chi connectivity index (χ2v) is 10.5. The largest absolute Gasteiger partial charge is 0.490 e. The Hall–Kier alpha value is -3.66. The van der Waals surface area contributed by atoms with Crippen LogP contribution in [0.5, 0.6) is 5.75 Å². The number of piperidine rings is 1. The number of amides is 3. The third-order valence-electron chi connectivity index (χ3n) is 6.56. The van der Waals surface area contributed by atoms with E-state index in [2.05, 4.69) is 10.3 Å². The number of benzene rings is 1. The molecule has 2 heterocycles. The van der Waals surface area contributed by atoms with Crippen LogP contribution in [-0.2, 0) is 22.4 Å². The highest BCUT2D eigenvalue weighted by molar-refractivity contribution is 5.93. The van der Waals surface area contributed by atoms with Crippen molar-refractivity contribution in [3.8, 4) is 5.75 Å². The van der Waals surface area contributed by atoms with Gasteiger partial charge in [0.2, 0.25) is 5.91 Å². The van der Waals surface area contributed by atoms with Gasteiger partial charge in [0.15, 0.2) is 0 Å². The van der Waals surface area contributed by atoms with E-state index in [4.69, 9.17) is 14.7 Å². The van der Waals surface area contributed by atoms with Crippen LogP contribution in [0.4, 0.5) is 10.6 Å². The molecule has 0 spiro atoms. The van der Waals surface area contributed by atoms with Gasteiger partial charge in [-0.05, 0) is 75.8 Å². The number of nitrogens with one attached hydrogen (secondary N) is 2. The summed E-state index contributed by atoms with van der Waals surface area (Å²) in [7, 11) is 0. The average Bonchev–Trinajstić information content (AvgIpc) is 2.87. The molecule has 1 aliphatic carbocycles. The molecule has 3 N–H and O–H groups in total. The van der Waals surface area contributed by atoms with E-state index in [9.17, 15) is 14.4 Å². The average molecular weight is 511 g/mol. The van der Waals surface area contributed by atoms with E-state index in [1.165, 1.54) is 0 Å². The van der Waals surface area contributed by atoms with Crippen LogP contribution in [0.25, 0.3) is 0 Å². The van der Waals surface area contributed by atoms with E-state index < -0.39 is 11.5 Å². The topological polar surface area (TPSA) is 130 Å². The number of carbonyl (C=O) groups excluding carboxylic acids is 3. The van der Waals surface area contributed by atoms with Gasteiger partial charge < -0.3 is 19.7 Å². The SMILES string of the molecule is CC(C)(C)OC(=O)N1CCC(C(=O)Nc2cc(OC3CCc4cc(C(=O)NO)ccc4C3)ccn2)CC1. The third-order valence-corrected chi connectivity index (χ3v) is 6.56. The fourth-order valence-electron chi connectivity index (χ4n) is 4.65. The van der Waals surface area contributed by atoms with Crippen LogP contribution in [0.1, 0.15) is 61.5 Å². The Labute approximate surface area is 216 Å². The second-order valence-electron chi connectivity index (χ2n) is 10.5. The van der Waals surface area contributed by atoms with Gasteiger partial charge in [-0.1, -0.05) is 6.07 Å². The number of hydrogen-bond acceptors (Lipinski definition) is 7. The molecule has 1 fully saturated rings. The number of hydroxylamine groups is 1. The first kappa shape index (κ1) is 26.4. The maximum atomic E-state index is 12.8. The van der Waals surface area contributed by atoms with Crippen LogP contribution in [-0.4, -0.2) is 57.8 Å². The van der Waals surface area contributed by atoms with Gasteiger partial charge >= 0.3 is 6.09 Å². The molecule has 10 nitrogen and oxygen atoms in total. The maximum Gasteiger partial charge on any atom is 0.410 e. The van der Waals surface area contributed by atoms with E-state index in [1.807, 2.05) is 26.8 Å². The number of anilines is 1. The van der Waals surface area contributed by atoms with Gasteiger partial charge in [-0.15, -0.1) is 0 Å². The van der Waals surface area contributed by atoms with Gasteiger partial charge in [0.05, 0.1) is 0 Å². The van der Waals surface area contributed by atoms with Crippen molar-refractivity contribution in [2.75, 3.05) is 18.4 Å². The standard InChI is InChI=1S/C27H34N4O6/c1-27(2,3)37-26(34)31-12-9-17(10-13-31)24(32)29-23-16-22(8-11-28-23)36-21-7-6-18-14-20(25(33)30-35)5-4-19(18)15-21/h4-5,8,11,14,16-17,21,35H,6-7,9-10,12-13,15H2,1-3H3,(H,30,33)(H,28,29,32). The first-order valence-corrected chi connectivity index (χ1v) is 12.6. The fraction of sp³-hybridized carbons (Fsp3) is 0.481. The molecule has 2 aromatic rings. The van der Waals surface area contributed by atoms with E-state index in [0.29, 0.717) is 49.5 Å². The summed E-state index contributed by atoms with van der Waals surface area (Å²) < 4.78 is 11.6. The minimum atomic E-state index is -0.549. The number of fused-ring (bicyclic) bond motifs is 1. The summed E-state index contributed by atoms with van der Waals surface area (Å²) in [6.45, 7) is 6.44. The van der Waals surface area contributed by atoms with Crippen LogP contribution in [0.2, 0.25) is 0 Å². The number of carbonyl (C=O) groups is 3. The summed E-state index contributed by atoms with van der Waals surface area (Å²) in [6, 6.07) is 8.86. The van der Waals surface area contributed by atoms with E-state index in [1.54, 1.807) is 40.8 Å². The monoisotopic (exact) mass is 510 g/mol. The van der Waals surface area contributed by atoms with Crippen LogP contribution in [0.15, 0.2) is 36.5 Å². The predicted molar refractivity (Wildman–Crippen MR) is 136 cm³/mol. The summed E-state index contributed by atoms with van der Waals surface area (Å²) in [5.74, 6) is 0.185. The summed E-state index contributed by atoms with van der Waals surface area (Å²) in [4.78, 5) is 42.7. The maximum absolute atomic E-state index is 12.8. The minimum Gasteiger partial charge on any atom is -0.490 e. The first-order chi connectivity index (χ1) is 17.6. The Bertz CT molecular complexity index is 1150. The summed E-state index contributed by atoms with van der Waals surface area (Å²) in [6.07, 6.45) is 4.55. The number of nitrogens with zero attached hydrogens (tertiary/aromatic N) is 2. The molecule has 37 heavy (non-hydrogen) atoms. The minimum absolute atomic E-state index is 0.0480. The second kappa shape index (κ2) is 11.2. The summed E-state index contributed by atoms with van der Waals surface area (Å²) in [5, 5.41) is 11.7. The van der Waals surface area contributed by atoms with Crippen LogP contribution in [0.3, 0.4) is 0 Å². The molecule has 0 saturated carbocycles. The molecule has 198 valence electrons. The molecule has 1 aromatic carbocycles. The lowest BCUT2D eigenvalue weighted by molar-refractivity contribution is -0.121. The smallest absolute Gasteiger partial charge is 0.410 e. The normalized spacial score (nSPS) is 17.9. The van der Waals surface area contributed by atoms with Crippen molar-refractivity contribution in [3.05, 3.63) is 53.2 Å². The van der Waals surface area contributed by atoms with E-state index >= 15 is 0 Å². The molecule has 0 bridgehead atoms. The molecule has 3 amide bonds. The van der Waals surface area contributed by atoms with Crippen molar-refractivity contribution < 1.29 is 29.1 Å². The zero-order chi connectivity index (χ0) is 26.6. The third kappa shape index (κ3) is 6.97. The number of aryl methyl sites for hydroxylation is 1. The van der Waals surface area contributed by atoms with Crippen molar-refractivity contribution in [1.29, 1.82) is 0 Å². The number of ether oxygens (including phenoxy) is 2. The van der Waals surface area contributed by atoms with Crippen molar-refractivity contribution in [1.82, 2.24) is 15.4 Å². The van der Waals surface area contributed by atoms with Crippen LogP contribution in [0, 0.1) is 5.92 Å². The summed E-state index contributed by atoms with van der Waals surface area (Å²) >= 11 is 0. The molecule has 1 aliphatic heterocycles. The number of rotatable bonds is 5. The molecular formula is C27H34N4O6. The molecule has 0 radical (unpaired) electrons. The van der Waals surface area contributed by atoms with Crippen molar-refractivity contribution in [2.24, 2.45) is 5.92 Å². The van der Waals surface area contributed by atoms with Gasteiger partial charge in [-0.25, -0.2) is 15.3 Å². The Kier molecular flexibility index (Phi) is 7.97. The Morgan fingerprint density at radius 3 is 2.51 bits per heavy atom.